The summed E-state index contributed by atoms with van der Waals surface area (Å²) in [5, 5.41) is 14.0. The number of alkyl carbamates (subject to hydrolysis) is 1. The standard InChI is InChI=1S/C30H39BrN2O9/c1-16-9-8-10-23(39-7)30(37)15-22(41-28(36)32-30)17(2)27-29(4,42-27)24(40-18(3)34)14-25(35)33(5)20-12-19(11-16)13-21(38-6)26(20)31/h8-10,12-13,17,22-24,27,37H,11,14-15H2,1-7H3,(H,32,36)/b10-8+,16-9+/t17-,22+,23-,24+,27+,29+,30+/m1/s1. The molecule has 0 unspecified atom stereocenters. The van der Waals surface area contributed by atoms with E-state index in [-0.39, 0.29) is 18.7 Å². The maximum absolute atomic E-state index is 13.7. The average Bonchev–Trinajstić information content (AvgIpc) is 3.61. The van der Waals surface area contributed by atoms with E-state index in [4.69, 9.17) is 23.7 Å². The molecule has 11 nitrogen and oxygen atoms in total. The van der Waals surface area contributed by atoms with E-state index in [1.54, 1.807) is 33.2 Å². The number of esters is 1. The van der Waals surface area contributed by atoms with Crippen LogP contribution in [0.1, 0.15) is 46.1 Å². The van der Waals surface area contributed by atoms with Crippen molar-refractivity contribution in [1.29, 1.82) is 0 Å². The van der Waals surface area contributed by atoms with E-state index in [9.17, 15) is 19.5 Å². The predicted molar refractivity (Wildman–Crippen MR) is 157 cm³/mol. The van der Waals surface area contributed by atoms with Crippen LogP contribution >= 0.6 is 15.9 Å². The topological polar surface area (TPSA) is 136 Å². The number of halogens is 1. The Balaban J connectivity index is 1.79. The summed E-state index contributed by atoms with van der Waals surface area (Å²) >= 11 is 3.58. The molecule has 3 aliphatic heterocycles. The molecule has 3 aliphatic rings. The Morgan fingerprint density at radius 3 is 2.62 bits per heavy atom. The zero-order valence-corrected chi connectivity index (χ0v) is 26.5. The number of benzene rings is 1. The van der Waals surface area contributed by atoms with Crippen LogP contribution in [-0.2, 0) is 35.0 Å². The van der Waals surface area contributed by atoms with Crippen molar-refractivity contribution in [2.24, 2.45) is 5.92 Å². The molecule has 2 amide bonds. The van der Waals surface area contributed by atoms with Gasteiger partial charge in [-0.3, -0.25) is 14.9 Å². The van der Waals surface area contributed by atoms with E-state index in [0.717, 1.165) is 11.1 Å². The Bertz CT molecular complexity index is 1300. The first-order chi connectivity index (χ1) is 19.7. The molecule has 4 rings (SSSR count). The van der Waals surface area contributed by atoms with Gasteiger partial charge in [-0.05, 0) is 53.9 Å². The monoisotopic (exact) mass is 650 g/mol. The SMILES string of the molecule is COc1cc2cc(c1Br)N(C)C(=O)C[C@H](OC(C)=O)[C@]1(C)O[C@H]1[C@H](C)[C@@H]1C[C@@](O)(NC(=O)O1)[C@H](OC)/C=C/C=C(\C)C2. The highest BCUT2D eigenvalue weighted by molar-refractivity contribution is 9.10. The third-order valence-corrected chi connectivity index (χ3v) is 9.06. The van der Waals surface area contributed by atoms with Crippen molar-refractivity contribution in [3.63, 3.8) is 0 Å². The van der Waals surface area contributed by atoms with E-state index in [1.807, 2.05) is 32.1 Å². The molecule has 0 aromatic heterocycles. The van der Waals surface area contributed by atoms with Crippen LogP contribution in [0.2, 0.25) is 0 Å². The van der Waals surface area contributed by atoms with E-state index in [0.29, 0.717) is 22.3 Å². The molecule has 1 aromatic carbocycles. The second-order valence-electron chi connectivity index (χ2n) is 11.4. The van der Waals surface area contributed by atoms with Crippen LogP contribution < -0.4 is 15.0 Å². The molecule has 2 N–H and O–H groups in total. The van der Waals surface area contributed by atoms with Gasteiger partial charge in [0, 0.05) is 33.4 Å². The van der Waals surface area contributed by atoms with Crippen LogP contribution in [0.25, 0.3) is 0 Å². The summed E-state index contributed by atoms with van der Waals surface area (Å²) in [6.45, 7) is 6.83. The first-order valence-electron chi connectivity index (χ1n) is 13.8. The van der Waals surface area contributed by atoms with Crippen LogP contribution in [0.3, 0.4) is 0 Å². The summed E-state index contributed by atoms with van der Waals surface area (Å²) < 4.78 is 29.1. The summed E-state index contributed by atoms with van der Waals surface area (Å²) in [7, 11) is 4.66. The minimum Gasteiger partial charge on any atom is -0.495 e. The largest absolute Gasteiger partial charge is 0.495 e. The Kier molecular flexibility index (Phi) is 9.41. The maximum atomic E-state index is 13.7. The molecule has 3 heterocycles. The van der Waals surface area contributed by atoms with Crippen LogP contribution in [0.4, 0.5) is 10.5 Å². The van der Waals surface area contributed by atoms with Gasteiger partial charge in [-0.25, -0.2) is 4.79 Å². The van der Waals surface area contributed by atoms with Crippen molar-refractivity contribution >= 4 is 39.6 Å². The summed E-state index contributed by atoms with van der Waals surface area (Å²) in [5.74, 6) is -0.715. The van der Waals surface area contributed by atoms with Gasteiger partial charge >= 0.3 is 12.1 Å². The normalized spacial score (nSPS) is 35.6. The number of allylic oxidation sites excluding steroid dienone is 3. The molecule has 12 heteroatoms. The quantitative estimate of drug-likeness (QED) is 0.370. The fraction of sp³-hybridized carbons (Fsp3) is 0.567. The molecule has 0 saturated carbocycles. The number of carbonyl (C=O) groups excluding carboxylic acids is 3. The number of ether oxygens (including phenoxy) is 5. The second kappa shape index (κ2) is 12.4. The zero-order chi connectivity index (χ0) is 31.0. The molecule has 230 valence electrons. The lowest BCUT2D eigenvalue weighted by molar-refractivity contribution is -0.151. The number of nitrogens with one attached hydrogen (secondary N) is 1. The maximum Gasteiger partial charge on any atom is 0.409 e. The van der Waals surface area contributed by atoms with Crippen molar-refractivity contribution in [2.45, 2.75) is 82.7 Å². The van der Waals surface area contributed by atoms with Gasteiger partial charge < -0.3 is 33.7 Å². The van der Waals surface area contributed by atoms with Crippen molar-refractivity contribution < 1.29 is 43.2 Å². The Morgan fingerprint density at radius 1 is 1.26 bits per heavy atom. The van der Waals surface area contributed by atoms with E-state index in [2.05, 4.69) is 21.2 Å². The van der Waals surface area contributed by atoms with Crippen LogP contribution in [0, 0.1) is 5.92 Å². The van der Waals surface area contributed by atoms with Gasteiger partial charge in [-0.1, -0.05) is 30.7 Å². The second-order valence-corrected chi connectivity index (χ2v) is 12.2. The lowest BCUT2D eigenvalue weighted by Crippen LogP contribution is -2.63. The fourth-order valence-corrected chi connectivity index (χ4v) is 6.46. The number of hydrogen-bond donors (Lipinski definition) is 2. The molecule has 1 aromatic rings. The molecular weight excluding hydrogens is 612 g/mol. The highest BCUT2D eigenvalue weighted by Crippen LogP contribution is 2.49. The van der Waals surface area contributed by atoms with Crippen molar-refractivity contribution in [2.75, 3.05) is 26.2 Å². The summed E-state index contributed by atoms with van der Waals surface area (Å²) in [6, 6.07) is 3.79. The molecule has 2 fully saturated rings. The lowest BCUT2D eigenvalue weighted by Gasteiger charge is -2.42. The van der Waals surface area contributed by atoms with Crippen molar-refractivity contribution in [1.82, 2.24) is 5.32 Å². The van der Waals surface area contributed by atoms with E-state index < -0.39 is 53.7 Å². The molecule has 4 bridgehead atoms. The number of nitrogens with zero attached hydrogens (tertiary/aromatic N) is 1. The Morgan fingerprint density at radius 2 is 1.98 bits per heavy atom. The van der Waals surface area contributed by atoms with Crippen LogP contribution in [0.5, 0.6) is 5.75 Å². The van der Waals surface area contributed by atoms with Gasteiger partial charge in [0.05, 0.1) is 29.8 Å². The van der Waals surface area contributed by atoms with E-state index in [1.165, 1.54) is 18.9 Å². The lowest BCUT2D eigenvalue weighted by atomic mass is 9.83. The number of rotatable bonds is 3. The first-order valence-corrected chi connectivity index (χ1v) is 14.6. The summed E-state index contributed by atoms with van der Waals surface area (Å²) in [4.78, 5) is 39.9. The number of hydrogen-bond acceptors (Lipinski definition) is 9. The third kappa shape index (κ3) is 6.51. The molecule has 0 radical (unpaired) electrons. The summed E-state index contributed by atoms with van der Waals surface area (Å²) in [6.07, 6.45) is 1.88. The first kappa shape index (κ1) is 32.0. The van der Waals surface area contributed by atoms with Gasteiger partial charge in [0.15, 0.2) is 5.72 Å². The van der Waals surface area contributed by atoms with Gasteiger partial charge in [-0.15, -0.1) is 0 Å². The van der Waals surface area contributed by atoms with Crippen molar-refractivity contribution in [3.05, 3.63) is 46.0 Å². The molecule has 2 saturated heterocycles. The van der Waals surface area contributed by atoms with Crippen molar-refractivity contribution in [3.8, 4) is 5.75 Å². The number of amides is 2. The van der Waals surface area contributed by atoms with Crippen LogP contribution in [-0.4, -0.2) is 80.1 Å². The number of anilines is 1. The highest BCUT2D eigenvalue weighted by atomic mass is 79.9. The average molecular weight is 652 g/mol. The van der Waals surface area contributed by atoms with Gasteiger partial charge in [0.1, 0.15) is 29.7 Å². The number of fused-ring (bicyclic) bond motifs is 5. The molecule has 0 spiro atoms. The van der Waals surface area contributed by atoms with Gasteiger partial charge in [0.2, 0.25) is 5.91 Å². The minimum absolute atomic E-state index is 0.0148. The summed E-state index contributed by atoms with van der Waals surface area (Å²) in [5.41, 5.74) is -0.306. The zero-order valence-electron chi connectivity index (χ0n) is 24.9. The fourth-order valence-electron chi connectivity index (χ4n) is 5.81. The number of carbonyl (C=O) groups is 3. The molecule has 0 aliphatic carbocycles. The predicted octanol–water partition coefficient (Wildman–Crippen LogP) is 3.80. The smallest absolute Gasteiger partial charge is 0.409 e. The van der Waals surface area contributed by atoms with Crippen LogP contribution in [0.15, 0.2) is 40.4 Å². The van der Waals surface area contributed by atoms with Gasteiger partial charge in [-0.2, -0.15) is 0 Å². The highest BCUT2D eigenvalue weighted by Gasteiger charge is 2.64. The third-order valence-electron chi connectivity index (χ3n) is 8.26. The van der Waals surface area contributed by atoms with Gasteiger partial charge in [0.25, 0.3) is 0 Å². The Labute approximate surface area is 254 Å². The molecular formula is C30H39BrN2O9. The Hall–Kier alpha value is -2.93. The molecule has 42 heavy (non-hydrogen) atoms. The number of epoxide rings is 1. The number of methoxy groups -OCH3 is 2. The minimum atomic E-state index is -1.75. The van der Waals surface area contributed by atoms with E-state index >= 15 is 0 Å². The molecule has 7 atom stereocenters. The number of aliphatic hydroxyl groups is 1.